The molecule has 0 aromatic heterocycles. The van der Waals surface area contributed by atoms with Crippen LogP contribution >= 0.6 is 0 Å². The van der Waals surface area contributed by atoms with Gasteiger partial charge in [-0.05, 0) is 50.3 Å². The minimum absolute atomic E-state index is 0.533. The van der Waals surface area contributed by atoms with Gasteiger partial charge in [0.2, 0.25) is 0 Å². The van der Waals surface area contributed by atoms with E-state index in [0.717, 1.165) is 37.4 Å². The second-order valence-electron chi connectivity index (χ2n) is 5.41. The van der Waals surface area contributed by atoms with Crippen LogP contribution in [-0.2, 0) is 10.3 Å². The summed E-state index contributed by atoms with van der Waals surface area (Å²) in [5, 5.41) is 10.2. The lowest BCUT2D eigenvalue weighted by atomic mass is 9.87. The fourth-order valence-corrected chi connectivity index (χ4v) is 2.49. The molecule has 3 nitrogen and oxygen atoms in total. The Kier molecular flexibility index (Phi) is 3.93. The van der Waals surface area contributed by atoms with Crippen molar-refractivity contribution in [2.45, 2.75) is 38.2 Å². The van der Waals surface area contributed by atoms with Gasteiger partial charge in [-0.15, -0.1) is 0 Å². The van der Waals surface area contributed by atoms with E-state index < -0.39 is 5.60 Å². The molecule has 100 valence electrons. The van der Waals surface area contributed by atoms with E-state index in [1.165, 1.54) is 5.56 Å². The molecule has 1 heterocycles. The molecule has 1 aliphatic rings. The summed E-state index contributed by atoms with van der Waals surface area (Å²) in [4.78, 5) is 0. The minimum atomic E-state index is -0.882. The van der Waals surface area contributed by atoms with Gasteiger partial charge in [-0.25, -0.2) is 0 Å². The molecule has 1 N–H and O–H groups in total. The zero-order valence-electron chi connectivity index (χ0n) is 11.4. The quantitative estimate of drug-likeness (QED) is 0.896. The highest BCUT2D eigenvalue weighted by molar-refractivity contribution is 5.41. The molecule has 1 saturated heterocycles. The normalized spacial score (nSPS) is 17.8. The lowest BCUT2D eigenvalue weighted by Crippen LogP contribution is -2.19. The number of methoxy groups -OCH3 is 1. The van der Waals surface area contributed by atoms with Crippen LogP contribution in [0.3, 0.4) is 0 Å². The van der Waals surface area contributed by atoms with Gasteiger partial charge in [0.1, 0.15) is 5.75 Å². The highest BCUT2D eigenvalue weighted by Gasteiger charge is 2.24. The van der Waals surface area contributed by atoms with Crippen LogP contribution in [0, 0.1) is 0 Å². The molecular formula is C15H22O3. The van der Waals surface area contributed by atoms with Crippen LogP contribution in [0.15, 0.2) is 18.2 Å². The Bertz CT molecular complexity index is 401. The predicted molar refractivity (Wildman–Crippen MR) is 71.0 cm³/mol. The van der Waals surface area contributed by atoms with Gasteiger partial charge >= 0.3 is 0 Å². The summed E-state index contributed by atoms with van der Waals surface area (Å²) in [6, 6.07) is 6.14. The Balaban J connectivity index is 2.33. The third kappa shape index (κ3) is 2.85. The summed E-state index contributed by atoms with van der Waals surface area (Å²) in [6.45, 7) is 5.24. The first-order valence-corrected chi connectivity index (χ1v) is 6.51. The highest BCUT2D eigenvalue weighted by atomic mass is 16.5. The molecule has 0 unspecified atom stereocenters. The molecular weight excluding hydrogens is 228 g/mol. The van der Waals surface area contributed by atoms with Crippen LogP contribution in [0.1, 0.15) is 43.7 Å². The zero-order valence-corrected chi connectivity index (χ0v) is 11.4. The molecule has 2 rings (SSSR count). The first-order chi connectivity index (χ1) is 8.52. The van der Waals surface area contributed by atoms with E-state index in [-0.39, 0.29) is 0 Å². The first kappa shape index (κ1) is 13.4. The molecule has 1 aliphatic heterocycles. The third-order valence-electron chi connectivity index (χ3n) is 3.58. The molecule has 0 radical (unpaired) electrons. The second-order valence-corrected chi connectivity index (χ2v) is 5.41. The van der Waals surface area contributed by atoms with Crippen molar-refractivity contribution in [2.24, 2.45) is 0 Å². The predicted octanol–water partition coefficient (Wildman–Crippen LogP) is 2.82. The maximum atomic E-state index is 10.2. The van der Waals surface area contributed by atoms with Crippen molar-refractivity contribution >= 4 is 0 Å². The fraction of sp³-hybridized carbons (Fsp3) is 0.600. The summed E-state index contributed by atoms with van der Waals surface area (Å²) in [5.41, 5.74) is 1.25. The van der Waals surface area contributed by atoms with Crippen molar-refractivity contribution < 1.29 is 14.6 Å². The van der Waals surface area contributed by atoms with Crippen LogP contribution < -0.4 is 4.74 Å². The standard InChI is InChI=1S/C15H22O3/c1-15(2,16)13-10-12(4-5-14(13)17-3)11-6-8-18-9-7-11/h4-5,10-11,16H,6-9H2,1-3H3. The highest BCUT2D eigenvalue weighted by Crippen LogP contribution is 2.35. The van der Waals surface area contributed by atoms with Gasteiger partial charge in [-0.1, -0.05) is 6.07 Å². The Morgan fingerprint density at radius 3 is 2.50 bits per heavy atom. The summed E-state index contributed by atoms with van der Waals surface area (Å²) in [7, 11) is 1.64. The van der Waals surface area contributed by atoms with Crippen LogP contribution in [0.25, 0.3) is 0 Å². The number of rotatable bonds is 3. The van der Waals surface area contributed by atoms with Gasteiger partial charge in [-0.2, -0.15) is 0 Å². The van der Waals surface area contributed by atoms with E-state index in [1.54, 1.807) is 21.0 Å². The van der Waals surface area contributed by atoms with Crippen LogP contribution in [0.2, 0.25) is 0 Å². The Morgan fingerprint density at radius 1 is 1.28 bits per heavy atom. The molecule has 0 amide bonds. The summed E-state index contributed by atoms with van der Waals surface area (Å²) in [6.07, 6.45) is 2.11. The molecule has 0 atom stereocenters. The molecule has 1 fully saturated rings. The fourth-order valence-electron chi connectivity index (χ4n) is 2.49. The van der Waals surface area contributed by atoms with E-state index in [4.69, 9.17) is 9.47 Å². The van der Waals surface area contributed by atoms with E-state index in [9.17, 15) is 5.11 Å². The zero-order chi connectivity index (χ0) is 13.2. The van der Waals surface area contributed by atoms with Crippen LogP contribution in [0.5, 0.6) is 5.75 Å². The number of benzene rings is 1. The smallest absolute Gasteiger partial charge is 0.124 e. The van der Waals surface area contributed by atoms with Gasteiger partial charge in [0.15, 0.2) is 0 Å². The van der Waals surface area contributed by atoms with E-state index in [0.29, 0.717) is 5.92 Å². The van der Waals surface area contributed by atoms with E-state index in [1.807, 2.05) is 6.07 Å². The van der Waals surface area contributed by atoms with Gasteiger partial charge in [-0.3, -0.25) is 0 Å². The molecule has 0 spiro atoms. The summed E-state index contributed by atoms with van der Waals surface area (Å²) in [5.74, 6) is 1.28. The maximum Gasteiger partial charge on any atom is 0.124 e. The van der Waals surface area contributed by atoms with Crippen molar-refractivity contribution in [1.29, 1.82) is 0 Å². The van der Waals surface area contributed by atoms with Gasteiger partial charge in [0.25, 0.3) is 0 Å². The minimum Gasteiger partial charge on any atom is -0.496 e. The number of ether oxygens (including phenoxy) is 2. The summed E-state index contributed by atoms with van der Waals surface area (Å²) >= 11 is 0. The molecule has 3 heteroatoms. The van der Waals surface area contributed by atoms with Crippen molar-refractivity contribution in [1.82, 2.24) is 0 Å². The van der Waals surface area contributed by atoms with Crippen LogP contribution in [-0.4, -0.2) is 25.4 Å². The SMILES string of the molecule is COc1ccc(C2CCOCC2)cc1C(C)(C)O. The van der Waals surface area contributed by atoms with E-state index in [2.05, 4.69) is 12.1 Å². The topological polar surface area (TPSA) is 38.7 Å². The first-order valence-electron chi connectivity index (χ1n) is 6.51. The number of hydrogen-bond donors (Lipinski definition) is 1. The molecule has 1 aromatic carbocycles. The third-order valence-corrected chi connectivity index (χ3v) is 3.58. The van der Waals surface area contributed by atoms with Gasteiger partial charge in [0, 0.05) is 18.8 Å². The van der Waals surface area contributed by atoms with Crippen molar-refractivity contribution in [3.63, 3.8) is 0 Å². The van der Waals surface area contributed by atoms with Gasteiger partial charge in [0.05, 0.1) is 12.7 Å². The van der Waals surface area contributed by atoms with Crippen molar-refractivity contribution in [2.75, 3.05) is 20.3 Å². The van der Waals surface area contributed by atoms with Crippen molar-refractivity contribution in [3.05, 3.63) is 29.3 Å². The lowest BCUT2D eigenvalue weighted by Gasteiger charge is -2.26. The van der Waals surface area contributed by atoms with Crippen LogP contribution in [0.4, 0.5) is 0 Å². The lowest BCUT2D eigenvalue weighted by molar-refractivity contribution is 0.0747. The molecule has 0 bridgehead atoms. The molecule has 1 aromatic rings. The largest absolute Gasteiger partial charge is 0.496 e. The Labute approximate surface area is 109 Å². The van der Waals surface area contributed by atoms with Crippen molar-refractivity contribution in [3.8, 4) is 5.75 Å². The molecule has 0 saturated carbocycles. The monoisotopic (exact) mass is 250 g/mol. The number of aliphatic hydroxyl groups is 1. The molecule has 18 heavy (non-hydrogen) atoms. The van der Waals surface area contributed by atoms with E-state index >= 15 is 0 Å². The average molecular weight is 250 g/mol. The molecule has 0 aliphatic carbocycles. The average Bonchev–Trinajstić information content (AvgIpc) is 2.38. The second kappa shape index (κ2) is 5.29. The summed E-state index contributed by atoms with van der Waals surface area (Å²) < 4.78 is 10.7. The number of hydrogen-bond acceptors (Lipinski definition) is 3. The Hall–Kier alpha value is -1.06. The maximum absolute atomic E-state index is 10.2. The Morgan fingerprint density at radius 2 is 1.94 bits per heavy atom. The van der Waals surface area contributed by atoms with Gasteiger partial charge < -0.3 is 14.6 Å².